The Balaban J connectivity index is 2.80. The van der Waals surface area contributed by atoms with E-state index < -0.39 is 10.0 Å². The standard InChI is InChI=1S/C12H24N4O3S/c1-9-10(7-13)11(16-15-9)20(17,18)14-8-12(2,3)5-6-19-4/h14H,5-8,13H2,1-4H3,(H,15,16). The number of hydrogen-bond acceptors (Lipinski definition) is 5. The Kier molecular flexibility index (Phi) is 5.69. The van der Waals surface area contributed by atoms with Crippen molar-refractivity contribution in [2.24, 2.45) is 11.1 Å². The number of nitrogens with one attached hydrogen (secondary N) is 2. The zero-order valence-electron chi connectivity index (χ0n) is 12.5. The molecule has 0 amide bonds. The maximum absolute atomic E-state index is 12.3. The van der Waals surface area contributed by atoms with Gasteiger partial charge >= 0.3 is 0 Å². The van der Waals surface area contributed by atoms with Crippen LogP contribution in [0.2, 0.25) is 0 Å². The molecular weight excluding hydrogens is 280 g/mol. The van der Waals surface area contributed by atoms with Gasteiger partial charge in [-0.1, -0.05) is 13.8 Å². The molecule has 1 aromatic rings. The van der Waals surface area contributed by atoms with E-state index in [1.54, 1.807) is 14.0 Å². The Morgan fingerprint density at radius 3 is 2.65 bits per heavy atom. The molecule has 0 saturated heterocycles. The van der Waals surface area contributed by atoms with Crippen molar-refractivity contribution in [2.45, 2.75) is 38.8 Å². The molecule has 0 atom stereocenters. The van der Waals surface area contributed by atoms with E-state index in [0.29, 0.717) is 24.4 Å². The first-order valence-corrected chi connectivity index (χ1v) is 7.94. The van der Waals surface area contributed by atoms with Crippen LogP contribution in [0.3, 0.4) is 0 Å². The zero-order chi connectivity index (χ0) is 15.4. The fourth-order valence-corrected chi connectivity index (χ4v) is 3.16. The summed E-state index contributed by atoms with van der Waals surface area (Å²) < 4.78 is 32.1. The molecule has 1 rings (SSSR count). The lowest BCUT2D eigenvalue weighted by Gasteiger charge is -2.24. The van der Waals surface area contributed by atoms with Crippen LogP contribution in [0, 0.1) is 12.3 Å². The number of nitrogens with zero attached hydrogens (tertiary/aromatic N) is 1. The number of nitrogens with two attached hydrogens (primary N) is 1. The van der Waals surface area contributed by atoms with E-state index in [-0.39, 0.29) is 17.0 Å². The number of aromatic amines is 1. The number of methoxy groups -OCH3 is 1. The molecule has 0 spiro atoms. The summed E-state index contributed by atoms with van der Waals surface area (Å²) >= 11 is 0. The summed E-state index contributed by atoms with van der Waals surface area (Å²) in [5, 5.41) is 6.48. The number of H-pyrrole nitrogens is 1. The number of rotatable bonds is 8. The third kappa shape index (κ3) is 4.27. The van der Waals surface area contributed by atoms with Gasteiger partial charge in [0.2, 0.25) is 0 Å². The van der Waals surface area contributed by atoms with Gasteiger partial charge in [-0.15, -0.1) is 0 Å². The lowest BCUT2D eigenvalue weighted by Crippen LogP contribution is -2.35. The molecule has 0 aromatic carbocycles. The smallest absolute Gasteiger partial charge is 0.260 e. The van der Waals surface area contributed by atoms with Gasteiger partial charge in [-0.25, -0.2) is 13.1 Å². The molecule has 0 bridgehead atoms. The highest BCUT2D eigenvalue weighted by Gasteiger charge is 2.26. The molecule has 0 fully saturated rings. The van der Waals surface area contributed by atoms with Gasteiger partial charge in [-0.2, -0.15) is 5.10 Å². The molecule has 0 aliphatic rings. The van der Waals surface area contributed by atoms with Gasteiger partial charge in [0.1, 0.15) is 0 Å². The SMILES string of the molecule is COCCC(C)(C)CNS(=O)(=O)c1n[nH]c(C)c1CN. The van der Waals surface area contributed by atoms with Crippen molar-refractivity contribution in [1.82, 2.24) is 14.9 Å². The molecule has 0 saturated carbocycles. The number of aromatic nitrogens is 2. The van der Waals surface area contributed by atoms with Crippen molar-refractivity contribution >= 4 is 10.0 Å². The van der Waals surface area contributed by atoms with Crippen LogP contribution in [0.1, 0.15) is 31.5 Å². The van der Waals surface area contributed by atoms with E-state index in [0.717, 1.165) is 6.42 Å². The predicted octanol–water partition coefficient (Wildman–Crippen LogP) is 0.518. The minimum atomic E-state index is -3.65. The maximum atomic E-state index is 12.3. The topological polar surface area (TPSA) is 110 Å². The Morgan fingerprint density at radius 2 is 2.10 bits per heavy atom. The average molecular weight is 304 g/mol. The molecule has 0 radical (unpaired) electrons. The summed E-state index contributed by atoms with van der Waals surface area (Å²) in [6, 6.07) is 0. The molecule has 1 aromatic heterocycles. The summed E-state index contributed by atoms with van der Waals surface area (Å²) in [5.41, 5.74) is 6.57. The second-order valence-corrected chi connectivity index (χ2v) is 7.25. The van der Waals surface area contributed by atoms with E-state index >= 15 is 0 Å². The summed E-state index contributed by atoms with van der Waals surface area (Å²) in [5.74, 6) is 0. The van der Waals surface area contributed by atoms with Crippen LogP contribution in [0.5, 0.6) is 0 Å². The van der Waals surface area contributed by atoms with Crippen LogP contribution in [-0.2, 0) is 21.3 Å². The van der Waals surface area contributed by atoms with Crippen LogP contribution in [-0.4, -0.2) is 38.9 Å². The van der Waals surface area contributed by atoms with Crippen molar-refractivity contribution < 1.29 is 13.2 Å². The Bertz CT molecular complexity index is 537. The van der Waals surface area contributed by atoms with Crippen molar-refractivity contribution in [2.75, 3.05) is 20.3 Å². The molecule has 1 heterocycles. The van der Waals surface area contributed by atoms with Crippen molar-refractivity contribution in [3.63, 3.8) is 0 Å². The minimum absolute atomic E-state index is 0.0139. The second-order valence-electron chi connectivity index (χ2n) is 5.57. The molecule has 8 heteroatoms. The van der Waals surface area contributed by atoms with Gasteiger partial charge in [0.05, 0.1) is 0 Å². The van der Waals surface area contributed by atoms with Crippen LogP contribution in [0.15, 0.2) is 5.03 Å². The lowest BCUT2D eigenvalue weighted by atomic mass is 9.90. The highest BCUT2D eigenvalue weighted by molar-refractivity contribution is 7.89. The lowest BCUT2D eigenvalue weighted by molar-refractivity contribution is 0.153. The molecule has 0 aliphatic heterocycles. The van der Waals surface area contributed by atoms with Crippen LogP contribution in [0.4, 0.5) is 0 Å². The number of sulfonamides is 1. The summed E-state index contributed by atoms with van der Waals surface area (Å²) in [7, 11) is -2.03. The van der Waals surface area contributed by atoms with E-state index in [1.165, 1.54) is 0 Å². The van der Waals surface area contributed by atoms with Gasteiger partial charge in [0, 0.05) is 38.1 Å². The van der Waals surface area contributed by atoms with Crippen molar-refractivity contribution in [3.8, 4) is 0 Å². The summed E-state index contributed by atoms with van der Waals surface area (Å²) in [4.78, 5) is 0. The molecule has 4 N–H and O–H groups in total. The third-order valence-electron chi connectivity index (χ3n) is 3.22. The zero-order valence-corrected chi connectivity index (χ0v) is 13.3. The summed E-state index contributed by atoms with van der Waals surface area (Å²) in [6.07, 6.45) is 0.759. The van der Waals surface area contributed by atoms with Crippen LogP contribution >= 0.6 is 0 Å². The first kappa shape index (κ1) is 17.1. The largest absolute Gasteiger partial charge is 0.385 e. The average Bonchev–Trinajstić information content (AvgIpc) is 2.76. The first-order valence-electron chi connectivity index (χ1n) is 6.46. The van der Waals surface area contributed by atoms with Gasteiger partial charge in [0.15, 0.2) is 5.03 Å². The predicted molar refractivity (Wildman–Crippen MR) is 76.7 cm³/mol. The highest BCUT2D eigenvalue weighted by Crippen LogP contribution is 2.21. The second kappa shape index (κ2) is 6.66. The maximum Gasteiger partial charge on any atom is 0.260 e. The van der Waals surface area contributed by atoms with Crippen LogP contribution in [0.25, 0.3) is 0 Å². The molecule has 0 unspecified atom stereocenters. The quantitative estimate of drug-likeness (QED) is 0.648. The highest BCUT2D eigenvalue weighted by atomic mass is 32.2. The number of hydrogen-bond donors (Lipinski definition) is 3. The van der Waals surface area contributed by atoms with Gasteiger partial charge in [0.25, 0.3) is 10.0 Å². The monoisotopic (exact) mass is 304 g/mol. The van der Waals surface area contributed by atoms with Crippen LogP contribution < -0.4 is 10.5 Å². The number of ether oxygens (including phenoxy) is 1. The fourth-order valence-electron chi connectivity index (χ4n) is 1.72. The Hall–Kier alpha value is -0.960. The first-order chi connectivity index (χ1) is 9.23. The van der Waals surface area contributed by atoms with E-state index in [4.69, 9.17) is 10.5 Å². The van der Waals surface area contributed by atoms with Crippen molar-refractivity contribution in [3.05, 3.63) is 11.3 Å². The van der Waals surface area contributed by atoms with E-state index in [9.17, 15) is 8.42 Å². The fraction of sp³-hybridized carbons (Fsp3) is 0.750. The van der Waals surface area contributed by atoms with Gasteiger partial charge < -0.3 is 10.5 Å². The Morgan fingerprint density at radius 1 is 1.45 bits per heavy atom. The molecule has 7 nitrogen and oxygen atoms in total. The number of aryl methyl sites for hydroxylation is 1. The third-order valence-corrected chi connectivity index (χ3v) is 4.59. The van der Waals surface area contributed by atoms with Gasteiger partial charge in [-0.05, 0) is 18.8 Å². The normalized spacial score (nSPS) is 12.8. The van der Waals surface area contributed by atoms with Gasteiger partial charge in [-0.3, -0.25) is 5.10 Å². The Labute approximate surface area is 120 Å². The van der Waals surface area contributed by atoms with E-state index in [1.807, 2.05) is 13.8 Å². The summed E-state index contributed by atoms with van der Waals surface area (Å²) in [6.45, 7) is 6.74. The molecular formula is C12H24N4O3S. The minimum Gasteiger partial charge on any atom is -0.385 e. The van der Waals surface area contributed by atoms with E-state index in [2.05, 4.69) is 14.9 Å². The van der Waals surface area contributed by atoms with Crippen molar-refractivity contribution in [1.29, 1.82) is 0 Å². The molecule has 116 valence electrons. The molecule has 0 aliphatic carbocycles. The molecule has 20 heavy (non-hydrogen) atoms.